The number of anilines is 1. The number of nitrogens with one attached hydrogen (secondary N) is 1. The minimum absolute atomic E-state index is 0.0583. The van der Waals surface area contributed by atoms with Crippen LogP contribution in [-0.2, 0) is 16.1 Å². The number of hydrogen-bond donors (Lipinski definition) is 1. The molecule has 0 saturated heterocycles. The highest BCUT2D eigenvalue weighted by Crippen LogP contribution is 2.31. The van der Waals surface area contributed by atoms with Gasteiger partial charge in [0.15, 0.2) is 0 Å². The highest BCUT2D eigenvalue weighted by molar-refractivity contribution is 6.36. The fourth-order valence-electron chi connectivity index (χ4n) is 3.43. The van der Waals surface area contributed by atoms with E-state index in [1.807, 2.05) is 25.1 Å². The molecular weight excluding hydrogens is 395 g/mol. The van der Waals surface area contributed by atoms with Crippen molar-refractivity contribution in [3.8, 4) is 5.75 Å². The van der Waals surface area contributed by atoms with Gasteiger partial charge in [-0.2, -0.15) is 0 Å². The molecule has 1 N–H and O–H groups in total. The average Bonchev–Trinajstić information content (AvgIpc) is 3.01. The Bertz CT molecular complexity index is 1120. The van der Waals surface area contributed by atoms with Crippen LogP contribution in [0.4, 0.5) is 10.1 Å². The van der Waals surface area contributed by atoms with Crippen molar-refractivity contribution in [1.82, 2.24) is 4.90 Å². The lowest BCUT2D eigenvalue weighted by molar-refractivity contribution is -0.137. The minimum atomic E-state index is -0.429. The Labute approximate surface area is 179 Å². The van der Waals surface area contributed by atoms with Gasteiger partial charge in [0.1, 0.15) is 17.3 Å². The van der Waals surface area contributed by atoms with Gasteiger partial charge in [0.25, 0.3) is 11.8 Å². The second-order valence-corrected chi connectivity index (χ2v) is 7.02. The van der Waals surface area contributed by atoms with Gasteiger partial charge in [0.05, 0.1) is 18.7 Å². The first kappa shape index (κ1) is 20.3. The molecule has 0 atom stereocenters. The summed E-state index contributed by atoms with van der Waals surface area (Å²) in [6, 6.07) is 22.0. The molecule has 0 radical (unpaired) electrons. The second-order valence-electron chi connectivity index (χ2n) is 7.02. The Morgan fingerprint density at radius 2 is 1.55 bits per heavy atom. The molecule has 1 aliphatic rings. The highest BCUT2D eigenvalue weighted by Gasteiger charge is 2.39. The molecule has 2 amide bonds. The quantitative estimate of drug-likeness (QED) is 0.571. The zero-order chi connectivity index (χ0) is 21.8. The molecule has 0 aromatic heterocycles. The Morgan fingerprint density at radius 3 is 2.19 bits per heavy atom. The number of carbonyl (C=O) groups is 2. The number of halogens is 1. The van der Waals surface area contributed by atoms with Crippen molar-refractivity contribution in [2.24, 2.45) is 0 Å². The SMILES string of the molecule is CCOc1ccc(NC2=C(c3ccccc3)C(=O)N(Cc3ccc(F)cc3)C2=O)cc1. The van der Waals surface area contributed by atoms with Crippen molar-refractivity contribution in [3.05, 3.63) is 102 Å². The van der Waals surface area contributed by atoms with Gasteiger partial charge in [-0.15, -0.1) is 0 Å². The van der Waals surface area contributed by atoms with E-state index in [0.29, 0.717) is 29.0 Å². The van der Waals surface area contributed by atoms with Gasteiger partial charge in [-0.1, -0.05) is 42.5 Å². The normalized spacial score (nSPS) is 13.7. The first-order chi connectivity index (χ1) is 15.1. The maximum absolute atomic E-state index is 13.2. The number of amides is 2. The van der Waals surface area contributed by atoms with Crippen LogP contribution in [0.1, 0.15) is 18.1 Å². The second kappa shape index (κ2) is 8.83. The van der Waals surface area contributed by atoms with E-state index in [0.717, 1.165) is 5.75 Å². The fourth-order valence-corrected chi connectivity index (χ4v) is 3.43. The van der Waals surface area contributed by atoms with Crippen LogP contribution in [0, 0.1) is 5.82 Å². The predicted octanol–water partition coefficient (Wildman–Crippen LogP) is 4.62. The molecule has 6 heteroatoms. The van der Waals surface area contributed by atoms with Crippen LogP contribution in [0.25, 0.3) is 5.57 Å². The van der Waals surface area contributed by atoms with Crippen LogP contribution in [0.2, 0.25) is 0 Å². The van der Waals surface area contributed by atoms with Gasteiger partial charge in [-0.3, -0.25) is 14.5 Å². The van der Waals surface area contributed by atoms with Crippen LogP contribution in [0.5, 0.6) is 5.75 Å². The van der Waals surface area contributed by atoms with E-state index in [1.54, 1.807) is 48.5 Å². The van der Waals surface area contributed by atoms with Crippen molar-refractivity contribution in [1.29, 1.82) is 0 Å². The smallest absolute Gasteiger partial charge is 0.278 e. The van der Waals surface area contributed by atoms with Gasteiger partial charge in [0.2, 0.25) is 0 Å². The lowest BCUT2D eigenvalue weighted by Gasteiger charge is -2.15. The molecule has 156 valence electrons. The molecule has 1 heterocycles. The van der Waals surface area contributed by atoms with E-state index in [1.165, 1.54) is 17.0 Å². The van der Waals surface area contributed by atoms with Gasteiger partial charge in [-0.25, -0.2) is 4.39 Å². The van der Waals surface area contributed by atoms with E-state index in [2.05, 4.69) is 5.32 Å². The van der Waals surface area contributed by atoms with Crippen LogP contribution >= 0.6 is 0 Å². The maximum Gasteiger partial charge on any atom is 0.278 e. The van der Waals surface area contributed by atoms with Gasteiger partial charge in [-0.05, 0) is 54.4 Å². The molecule has 5 nitrogen and oxygen atoms in total. The number of ether oxygens (including phenoxy) is 1. The zero-order valence-electron chi connectivity index (χ0n) is 17.0. The van der Waals surface area contributed by atoms with Crippen molar-refractivity contribution >= 4 is 23.1 Å². The van der Waals surface area contributed by atoms with E-state index in [9.17, 15) is 14.0 Å². The topological polar surface area (TPSA) is 58.6 Å². The predicted molar refractivity (Wildman–Crippen MR) is 117 cm³/mol. The first-order valence-corrected chi connectivity index (χ1v) is 9.97. The van der Waals surface area contributed by atoms with Gasteiger partial charge < -0.3 is 10.1 Å². The van der Waals surface area contributed by atoms with E-state index in [-0.39, 0.29) is 18.1 Å². The fraction of sp³-hybridized carbons (Fsp3) is 0.120. The minimum Gasteiger partial charge on any atom is -0.494 e. The molecule has 3 aromatic rings. The number of hydrogen-bond acceptors (Lipinski definition) is 4. The van der Waals surface area contributed by atoms with Gasteiger partial charge in [0, 0.05) is 5.69 Å². The average molecular weight is 416 g/mol. The first-order valence-electron chi connectivity index (χ1n) is 9.97. The standard InChI is InChI=1S/C25H21FN2O3/c1-2-31-21-14-12-20(13-15-21)27-23-22(18-6-4-3-5-7-18)24(29)28(25(23)30)16-17-8-10-19(26)11-9-17/h3-15,27H,2,16H2,1H3. The van der Waals surface area contributed by atoms with E-state index >= 15 is 0 Å². The Morgan fingerprint density at radius 1 is 0.871 bits per heavy atom. The number of imide groups is 1. The summed E-state index contributed by atoms with van der Waals surface area (Å²) in [7, 11) is 0. The largest absolute Gasteiger partial charge is 0.494 e. The summed E-state index contributed by atoms with van der Waals surface area (Å²) in [4.78, 5) is 27.6. The highest BCUT2D eigenvalue weighted by atomic mass is 19.1. The van der Waals surface area contributed by atoms with Crippen LogP contribution in [0.3, 0.4) is 0 Å². The molecule has 0 unspecified atom stereocenters. The molecule has 0 aliphatic carbocycles. The third-order valence-corrected chi connectivity index (χ3v) is 4.92. The molecule has 0 bridgehead atoms. The van der Waals surface area contributed by atoms with Crippen LogP contribution in [-0.4, -0.2) is 23.3 Å². The van der Waals surface area contributed by atoms with Crippen molar-refractivity contribution < 1.29 is 18.7 Å². The number of carbonyl (C=O) groups excluding carboxylic acids is 2. The maximum atomic E-state index is 13.2. The molecule has 4 rings (SSSR count). The molecule has 31 heavy (non-hydrogen) atoms. The van der Waals surface area contributed by atoms with Crippen molar-refractivity contribution in [2.75, 3.05) is 11.9 Å². The molecule has 3 aromatic carbocycles. The third-order valence-electron chi connectivity index (χ3n) is 4.92. The van der Waals surface area contributed by atoms with Crippen LogP contribution < -0.4 is 10.1 Å². The Balaban J connectivity index is 1.67. The monoisotopic (exact) mass is 416 g/mol. The summed E-state index contributed by atoms with van der Waals surface area (Å²) in [6.07, 6.45) is 0. The summed E-state index contributed by atoms with van der Waals surface area (Å²) in [5.74, 6) is -0.475. The molecule has 0 saturated carbocycles. The van der Waals surface area contributed by atoms with E-state index < -0.39 is 11.8 Å². The number of benzene rings is 3. The van der Waals surface area contributed by atoms with E-state index in [4.69, 9.17) is 4.74 Å². The third kappa shape index (κ3) is 4.33. The summed E-state index contributed by atoms with van der Waals surface area (Å²) in [5, 5.41) is 3.12. The lowest BCUT2D eigenvalue weighted by atomic mass is 10.0. The summed E-state index contributed by atoms with van der Waals surface area (Å²) >= 11 is 0. The van der Waals surface area contributed by atoms with Gasteiger partial charge >= 0.3 is 0 Å². The van der Waals surface area contributed by atoms with Crippen LogP contribution in [0.15, 0.2) is 84.6 Å². The number of nitrogens with zero attached hydrogens (tertiary/aromatic N) is 1. The van der Waals surface area contributed by atoms with Crippen molar-refractivity contribution in [2.45, 2.75) is 13.5 Å². The molecule has 0 fully saturated rings. The number of rotatable bonds is 7. The van der Waals surface area contributed by atoms with Crippen molar-refractivity contribution in [3.63, 3.8) is 0 Å². The summed E-state index contributed by atoms with van der Waals surface area (Å²) in [6.45, 7) is 2.52. The Kier molecular flexibility index (Phi) is 5.80. The summed E-state index contributed by atoms with van der Waals surface area (Å²) in [5.41, 5.74) is 2.49. The molecule has 0 spiro atoms. The summed E-state index contributed by atoms with van der Waals surface area (Å²) < 4.78 is 18.7. The molecular formula is C25H21FN2O3. The zero-order valence-corrected chi connectivity index (χ0v) is 17.0. The Hall–Kier alpha value is -3.93. The lowest BCUT2D eigenvalue weighted by Crippen LogP contribution is -2.32. The molecule has 1 aliphatic heterocycles.